The van der Waals surface area contributed by atoms with Crippen molar-refractivity contribution in [3.05, 3.63) is 59.9 Å². The van der Waals surface area contributed by atoms with Gasteiger partial charge in [0.15, 0.2) is 0 Å². The van der Waals surface area contributed by atoms with Crippen LogP contribution in [0.15, 0.2) is 53.9 Å². The van der Waals surface area contributed by atoms with Crippen LogP contribution >= 0.6 is 0 Å². The number of ether oxygens (including phenoxy) is 1. The Morgan fingerprint density at radius 2 is 2.15 bits per heavy atom. The van der Waals surface area contributed by atoms with Crippen LogP contribution in [-0.2, 0) is 16.1 Å². The molecule has 3 rings (SSSR count). The van der Waals surface area contributed by atoms with Gasteiger partial charge in [0.05, 0.1) is 12.8 Å². The van der Waals surface area contributed by atoms with Gasteiger partial charge < -0.3 is 14.9 Å². The molecule has 2 heterocycles. The number of hydrogen-bond acceptors (Lipinski definition) is 5. The zero-order valence-corrected chi connectivity index (χ0v) is 15.0. The number of hydrogen-bond donors (Lipinski definition) is 1. The van der Waals surface area contributed by atoms with Gasteiger partial charge in [-0.25, -0.2) is 0 Å². The number of carbonyl (C=O) groups excluding carboxylic acids is 1. The normalized spacial score (nSPS) is 17.2. The molecule has 0 fully saturated rings. The number of carbonyl (C=O) groups is 1. The Bertz CT molecular complexity index is 760. The van der Waals surface area contributed by atoms with Crippen molar-refractivity contribution in [1.82, 2.24) is 10.3 Å². The van der Waals surface area contributed by atoms with E-state index in [1.807, 2.05) is 43.3 Å². The summed E-state index contributed by atoms with van der Waals surface area (Å²) < 4.78 is 5.16. The number of nitrogens with zero attached hydrogens (tertiary/aromatic N) is 2. The van der Waals surface area contributed by atoms with Crippen LogP contribution in [0.4, 0.5) is 0 Å². The Balaban J connectivity index is 1.44. The molecule has 1 aromatic heterocycles. The van der Waals surface area contributed by atoms with Gasteiger partial charge in [-0.3, -0.25) is 9.78 Å². The van der Waals surface area contributed by atoms with E-state index < -0.39 is 6.10 Å². The number of aryl methyl sites for hydroxylation is 1. The highest BCUT2D eigenvalue weighted by molar-refractivity contribution is 6.03. The summed E-state index contributed by atoms with van der Waals surface area (Å²) >= 11 is 0. The predicted molar refractivity (Wildman–Crippen MR) is 99.2 cm³/mol. The van der Waals surface area contributed by atoms with Gasteiger partial charge in [-0.05, 0) is 49.6 Å². The second kappa shape index (κ2) is 8.47. The number of rotatable bonds is 7. The molecular formula is C20H23N3O3. The number of amides is 1. The van der Waals surface area contributed by atoms with Crippen LogP contribution in [0.3, 0.4) is 0 Å². The Kier molecular flexibility index (Phi) is 5.84. The Morgan fingerprint density at radius 3 is 2.85 bits per heavy atom. The molecule has 0 saturated carbocycles. The molecule has 2 atom stereocenters. The van der Waals surface area contributed by atoms with Gasteiger partial charge in [-0.15, -0.1) is 0 Å². The third kappa shape index (κ3) is 4.59. The van der Waals surface area contributed by atoms with Crippen molar-refractivity contribution in [3.63, 3.8) is 0 Å². The first-order valence-electron chi connectivity index (χ1n) is 8.72. The first-order valence-corrected chi connectivity index (χ1v) is 8.72. The second-order valence-corrected chi connectivity index (χ2v) is 6.37. The van der Waals surface area contributed by atoms with Gasteiger partial charge in [-0.1, -0.05) is 17.3 Å². The molecule has 1 aliphatic rings. The number of pyridine rings is 1. The SMILES string of the molecule is COc1ccc(CC[C@H](C)NC(=O)[C@H]2CC(c3cccnc3)=NO2)cc1. The van der Waals surface area contributed by atoms with Crippen molar-refractivity contribution in [2.24, 2.45) is 5.16 Å². The Hall–Kier alpha value is -2.89. The lowest BCUT2D eigenvalue weighted by Gasteiger charge is -2.16. The van der Waals surface area contributed by atoms with Crippen LogP contribution in [0.2, 0.25) is 0 Å². The van der Waals surface area contributed by atoms with Gasteiger partial charge >= 0.3 is 0 Å². The fourth-order valence-corrected chi connectivity index (χ4v) is 2.81. The molecular weight excluding hydrogens is 330 g/mol. The fraction of sp³-hybridized carbons (Fsp3) is 0.350. The summed E-state index contributed by atoms with van der Waals surface area (Å²) in [6.07, 6.45) is 5.04. The van der Waals surface area contributed by atoms with Crippen molar-refractivity contribution < 1.29 is 14.4 Å². The lowest BCUT2D eigenvalue weighted by Crippen LogP contribution is -2.40. The van der Waals surface area contributed by atoms with Crippen LogP contribution < -0.4 is 10.1 Å². The molecule has 6 nitrogen and oxygen atoms in total. The van der Waals surface area contributed by atoms with Gasteiger partial charge in [0, 0.05) is 30.4 Å². The summed E-state index contributed by atoms with van der Waals surface area (Å²) in [5.74, 6) is 0.716. The minimum Gasteiger partial charge on any atom is -0.497 e. The quantitative estimate of drug-likeness (QED) is 0.831. The first kappa shape index (κ1) is 17.9. The molecule has 1 N–H and O–H groups in total. The largest absolute Gasteiger partial charge is 0.497 e. The smallest absolute Gasteiger partial charge is 0.264 e. The average Bonchev–Trinajstić information content (AvgIpc) is 3.18. The highest BCUT2D eigenvalue weighted by Crippen LogP contribution is 2.17. The van der Waals surface area contributed by atoms with Gasteiger partial charge in [0.1, 0.15) is 5.75 Å². The molecule has 0 spiro atoms. The molecule has 2 aromatic rings. The summed E-state index contributed by atoms with van der Waals surface area (Å²) in [5.41, 5.74) is 2.85. The van der Waals surface area contributed by atoms with E-state index in [9.17, 15) is 4.79 Å². The summed E-state index contributed by atoms with van der Waals surface area (Å²) in [6, 6.07) is 11.8. The maximum atomic E-state index is 12.4. The first-order chi connectivity index (χ1) is 12.7. The van der Waals surface area contributed by atoms with Gasteiger partial charge in [-0.2, -0.15) is 0 Å². The van der Waals surface area contributed by atoms with Gasteiger partial charge in [0.2, 0.25) is 6.10 Å². The average molecular weight is 353 g/mol. The molecule has 0 saturated heterocycles. The second-order valence-electron chi connectivity index (χ2n) is 6.37. The van der Waals surface area contributed by atoms with Crippen molar-refractivity contribution in [3.8, 4) is 5.75 Å². The van der Waals surface area contributed by atoms with Crippen LogP contribution in [0.1, 0.15) is 30.9 Å². The highest BCUT2D eigenvalue weighted by Gasteiger charge is 2.29. The Labute approximate surface area is 153 Å². The minimum absolute atomic E-state index is 0.0515. The maximum absolute atomic E-state index is 12.4. The van der Waals surface area contributed by atoms with Crippen LogP contribution in [-0.4, -0.2) is 35.9 Å². The third-order valence-corrected chi connectivity index (χ3v) is 4.37. The molecule has 0 aliphatic carbocycles. The lowest BCUT2D eigenvalue weighted by atomic mass is 10.0. The van der Waals surface area contributed by atoms with E-state index in [2.05, 4.69) is 15.5 Å². The van der Waals surface area contributed by atoms with Crippen molar-refractivity contribution in [1.29, 1.82) is 0 Å². The molecule has 26 heavy (non-hydrogen) atoms. The topological polar surface area (TPSA) is 72.8 Å². The summed E-state index contributed by atoms with van der Waals surface area (Å²) in [7, 11) is 1.65. The fourth-order valence-electron chi connectivity index (χ4n) is 2.81. The number of methoxy groups -OCH3 is 1. The highest BCUT2D eigenvalue weighted by atomic mass is 16.6. The van der Waals surface area contributed by atoms with Crippen molar-refractivity contribution in [2.75, 3.05) is 7.11 Å². The zero-order chi connectivity index (χ0) is 18.4. The van der Waals surface area contributed by atoms with Gasteiger partial charge in [0.25, 0.3) is 5.91 Å². The third-order valence-electron chi connectivity index (χ3n) is 4.37. The van der Waals surface area contributed by atoms with Crippen LogP contribution in [0.25, 0.3) is 0 Å². The number of oxime groups is 1. The molecule has 0 radical (unpaired) electrons. The molecule has 1 amide bonds. The van der Waals surface area contributed by atoms with E-state index in [-0.39, 0.29) is 11.9 Å². The van der Waals surface area contributed by atoms with Crippen molar-refractivity contribution in [2.45, 2.75) is 38.3 Å². The van der Waals surface area contributed by atoms with E-state index >= 15 is 0 Å². The van der Waals surface area contributed by atoms with Crippen LogP contribution in [0.5, 0.6) is 5.75 Å². The number of aromatic nitrogens is 1. The summed E-state index contributed by atoms with van der Waals surface area (Å²) in [5, 5.41) is 7.04. The number of benzene rings is 1. The van der Waals surface area contributed by atoms with E-state index in [1.165, 1.54) is 5.56 Å². The maximum Gasteiger partial charge on any atom is 0.264 e. The minimum atomic E-state index is -0.575. The molecule has 0 unspecified atom stereocenters. The Morgan fingerprint density at radius 1 is 1.35 bits per heavy atom. The lowest BCUT2D eigenvalue weighted by molar-refractivity contribution is -0.131. The molecule has 6 heteroatoms. The van der Waals surface area contributed by atoms with E-state index in [1.54, 1.807) is 19.5 Å². The van der Waals surface area contributed by atoms with E-state index in [4.69, 9.17) is 9.57 Å². The number of nitrogens with one attached hydrogen (secondary N) is 1. The molecule has 1 aromatic carbocycles. The predicted octanol–water partition coefficient (Wildman–Crippen LogP) is 2.72. The zero-order valence-electron chi connectivity index (χ0n) is 15.0. The molecule has 136 valence electrons. The van der Waals surface area contributed by atoms with Crippen molar-refractivity contribution >= 4 is 11.6 Å². The van der Waals surface area contributed by atoms with E-state index in [0.29, 0.717) is 6.42 Å². The summed E-state index contributed by atoms with van der Waals surface area (Å²) in [6.45, 7) is 2.00. The molecule has 1 aliphatic heterocycles. The monoisotopic (exact) mass is 353 g/mol. The van der Waals surface area contributed by atoms with Crippen LogP contribution in [0, 0.1) is 0 Å². The molecule has 0 bridgehead atoms. The van der Waals surface area contributed by atoms with E-state index in [0.717, 1.165) is 29.9 Å². The standard InChI is InChI=1S/C20H23N3O3/c1-14(5-6-15-7-9-17(25-2)10-8-15)22-20(24)19-12-18(23-26-19)16-4-3-11-21-13-16/h3-4,7-11,13-14,19H,5-6,12H2,1-2H3,(H,22,24)/t14-,19+/m0/s1. The summed E-state index contributed by atoms with van der Waals surface area (Å²) in [4.78, 5) is 21.8.